The van der Waals surface area contributed by atoms with E-state index in [4.69, 9.17) is 11.8 Å². The van der Waals surface area contributed by atoms with Crippen LogP contribution in [0.1, 0.15) is 5.56 Å². The van der Waals surface area contributed by atoms with E-state index < -0.39 is 0 Å². The Kier molecular flexibility index (Phi) is 4.74. The van der Waals surface area contributed by atoms with Gasteiger partial charge in [-0.25, -0.2) is 9.07 Å². The van der Waals surface area contributed by atoms with Gasteiger partial charge in [0, 0.05) is 23.9 Å². The molecule has 0 aliphatic carbocycles. The van der Waals surface area contributed by atoms with Gasteiger partial charge < -0.3 is 5.32 Å². The predicted molar refractivity (Wildman–Crippen MR) is 93.8 cm³/mol. The number of aromatic nitrogens is 2. The summed E-state index contributed by atoms with van der Waals surface area (Å²) in [5.74, 6) is 0.260. The summed E-state index contributed by atoms with van der Waals surface area (Å²) in [5, 5.41) is 3.05. The largest absolute Gasteiger partial charge is 0.365 e. The topological polar surface area (TPSA) is 46.9 Å². The molecule has 0 spiro atoms. The minimum absolute atomic E-state index is 0.260. The molecular formula is C18H16ClN3O. The lowest BCUT2D eigenvalue weighted by atomic mass is 10.1. The van der Waals surface area contributed by atoms with Crippen molar-refractivity contribution in [3.05, 3.63) is 82.8 Å². The van der Waals surface area contributed by atoms with Crippen molar-refractivity contribution in [1.82, 2.24) is 9.07 Å². The molecule has 0 radical (unpaired) electrons. The number of hydrogen-bond donors (Lipinski definition) is 1. The Morgan fingerprint density at radius 2 is 1.65 bits per heavy atom. The third-order valence-corrected chi connectivity index (χ3v) is 3.86. The number of anilines is 1. The van der Waals surface area contributed by atoms with Gasteiger partial charge in [-0.2, -0.15) is 0 Å². The molecule has 1 aromatic heterocycles. The van der Waals surface area contributed by atoms with E-state index in [1.54, 1.807) is 6.20 Å². The molecule has 116 valence electrons. The fourth-order valence-corrected chi connectivity index (χ4v) is 2.54. The van der Waals surface area contributed by atoms with Crippen molar-refractivity contribution in [1.29, 1.82) is 0 Å². The van der Waals surface area contributed by atoms with Gasteiger partial charge in [0.2, 0.25) is 0 Å². The van der Waals surface area contributed by atoms with E-state index in [2.05, 4.69) is 10.3 Å². The van der Waals surface area contributed by atoms with E-state index in [1.807, 2.05) is 60.7 Å². The summed E-state index contributed by atoms with van der Waals surface area (Å²) in [4.78, 5) is 16.5. The maximum absolute atomic E-state index is 12.3. The second-order valence-corrected chi connectivity index (χ2v) is 5.44. The summed E-state index contributed by atoms with van der Waals surface area (Å²) < 4.78 is 1.10. The van der Waals surface area contributed by atoms with E-state index >= 15 is 0 Å². The first-order valence-electron chi connectivity index (χ1n) is 7.37. The molecule has 0 saturated carbocycles. The Morgan fingerprint density at radius 3 is 2.35 bits per heavy atom. The van der Waals surface area contributed by atoms with E-state index in [1.165, 1.54) is 5.56 Å². The number of nitrogens with one attached hydrogen (secondary N) is 1. The summed E-state index contributed by atoms with van der Waals surface area (Å²) in [6.45, 7) is 0.619. The first kappa shape index (κ1) is 15.3. The van der Waals surface area contributed by atoms with Crippen molar-refractivity contribution in [3.63, 3.8) is 0 Å². The molecule has 0 atom stereocenters. The van der Waals surface area contributed by atoms with Crippen LogP contribution in [0.15, 0.2) is 71.7 Å². The third-order valence-electron chi connectivity index (χ3n) is 3.53. The standard InChI is InChI=1S/C18H16ClN3O/c19-22-16(15-9-5-2-6-10-15)13-21-17(18(22)23)20-12-11-14-7-3-1-4-8-14/h1-10,13H,11-12H2,(H,20,21). The molecule has 0 bridgehead atoms. The second-order valence-electron chi connectivity index (χ2n) is 5.11. The van der Waals surface area contributed by atoms with Crippen LogP contribution in [0.5, 0.6) is 0 Å². The van der Waals surface area contributed by atoms with Gasteiger partial charge in [0.1, 0.15) is 0 Å². The predicted octanol–water partition coefficient (Wildman–Crippen LogP) is 3.57. The zero-order valence-electron chi connectivity index (χ0n) is 12.4. The van der Waals surface area contributed by atoms with Crippen molar-refractivity contribution in [2.24, 2.45) is 0 Å². The van der Waals surface area contributed by atoms with Gasteiger partial charge in [0.05, 0.1) is 11.9 Å². The SMILES string of the molecule is O=c1c(NCCc2ccccc2)ncc(-c2ccccc2)n1Cl. The average molecular weight is 326 g/mol. The highest BCUT2D eigenvalue weighted by atomic mass is 35.5. The average Bonchev–Trinajstić information content (AvgIpc) is 2.60. The highest BCUT2D eigenvalue weighted by Gasteiger charge is 2.10. The molecule has 23 heavy (non-hydrogen) atoms. The van der Waals surface area contributed by atoms with Crippen LogP contribution >= 0.6 is 11.8 Å². The lowest BCUT2D eigenvalue weighted by molar-refractivity contribution is 0.980. The second kappa shape index (κ2) is 7.11. The number of benzene rings is 2. The minimum Gasteiger partial charge on any atom is -0.365 e. The Morgan fingerprint density at radius 1 is 1.00 bits per heavy atom. The fraction of sp³-hybridized carbons (Fsp3) is 0.111. The lowest BCUT2D eigenvalue weighted by Gasteiger charge is -2.09. The van der Waals surface area contributed by atoms with Crippen LogP contribution in [-0.4, -0.2) is 15.6 Å². The van der Waals surface area contributed by atoms with Gasteiger partial charge in [-0.3, -0.25) is 4.79 Å². The Bertz CT molecular complexity index is 832. The molecule has 0 saturated heterocycles. The Balaban J connectivity index is 1.74. The molecule has 0 unspecified atom stereocenters. The molecule has 4 nitrogen and oxygen atoms in total. The third kappa shape index (κ3) is 3.60. The monoisotopic (exact) mass is 325 g/mol. The zero-order chi connectivity index (χ0) is 16.1. The molecule has 0 aliphatic heterocycles. The first-order valence-corrected chi connectivity index (χ1v) is 7.71. The molecule has 0 fully saturated rings. The van der Waals surface area contributed by atoms with E-state index in [-0.39, 0.29) is 11.4 Å². The summed E-state index contributed by atoms with van der Waals surface area (Å²) >= 11 is 6.15. The van der Waals surface area contributed by atoms with E-state index in [0.717, 1.165) is 16.1 Å². The van der Waals surface area contributed by atoms with Crippen LogP contribution in [0.4, 0.5) is 5.82 Å². The molecule has 1 N–H and O–H groups in total. The smallest absolute Gasteiger partial charge is 0.308 e. The maximum atomic E-state index is 12.3. The van der Waals surface area contributed by atoms with Crippen LogP contribution in [0.25, 0.3) is 11.3 Å². The molecule has 5 heteroatoms. The normalized spacial score (nSPS) is 10.5. The maximum Gasteiger partial charge on any atom is 0.308 e. The molecule has 3 rings (SSSR count). The highest BCUT2D eigenvalue weighted by Crippen LogP contribution is 2.18. The van der Waals surface area contributed by atoms with Crippen LogP contribution in [0, 0.1) is 0 Å². The summed E-state index contributed by atoms with van der Waals surface area (Å²) in [7, 11) is 0. The lowest BCUT2D eigenvalue weighted by Crippen LogP contribution is -2.22. The van der Waals surface area contributed by atoms with Gasteiger partial charge in [0.25, 0.3) is 0 Å². The number of nitrogens with zero attached hydrogens (tertiary/aromatic N) is 2. The van der Waals surface area contributed by atoms with Crippen LogP contribution in [0.3, 0.4) is 0 Å². The van der Waals surface area contributed by atoms with Gasteiger partial charge >= 0.3 is 5.56 Å². The molecule has 3 aromatic rings. The summed E-state index contributed by atoms with van der Waals surface area (Å²) in [6, 6.07) is 19.5. The molecule has 1 heterocycles. The molecule has 0 amide bonds. The molecule has 2 aromatic carbocycles. The first-order chi connectivity index (χ1) is 11.3. The van der Waals surface area contributed by atoms with Crippen molar-refractivity contribution in [2.75, 3.05) is 11.9 Å². The van der Waals surface area contributed by atoms with E-state index in [0.29, 0.717) is 12.2 Å². The van der Waals surface area contributed by atoms with Crippen molar-refractivity contribution >= 4 is 17.6 Å². The van der Waals surface area contributed by atoms with Gasteiger partial charge in [-0.05, 0) is 12.0 Å². The van der Waals surface area contributed by atoms with Gasteiger partial charge in [-0.1, -0.05) is 60.7 Å². The van der Waals surface area contributed by atoms with E-state index in [9.17, 15) is 4.79 Å². The quantitative estimate of drug-likeness (QED) is 0.780. The van der Waals surface area contributed by atoms with Gasteiger partial charge in [-0.15, -0.1) is 0 Å². The van der Waals surface area contributed by atoms with Crippen LogP contribution in [0.2, 0.25) is 0 Å². The van der Waals surface area contributed by atoms with Gasteiger partial charge in [0.15, 0.2) is 5.82 Å². The van der Waals surface area contributed by atoms with Crippen molar-refractivity contribution in [2.45, 2.75) is 6.42 Å². The highest BCUT2D eigenvalue weighted by molar-refractivity contribution is 6.17. The number of rotatable bonds is 5. The summed E-state index contributed by atoms with van der Waals surface area (Å²) in [6.07, 6.45) is 2.42. The zero-order valence-corrected chi connectivity index (χ0v) is 13.2. The van der Waals surface area contributed by atoms with Crippen molar-refractivity contribution in [3.8, 4) is 11.3 Å². The summed E-state index contributed by atoms with van der Waals surface area (Å²) in [5.41, 5.74) is 2.28. The molecule has 0 aliphatic rings. The fourth-order valence-electron chi connectivity index (χ4n) is 2.32. The number of halogens is 1. The Labute approximate surface area is 139 Å². The number of hydrogen-bond acceptors (Lipinski definition) is 3. The Hall–Kier alpha value is -2.59. The van der Waals surface area contributed by atoms with Crippen LogP contribution < -0.4 is 10.9 Å². The van der Waals surface area contributed by atoms with Crippen molar-refractivity contribution < 1.29 is 0 Å². The van der Waals surface area contributed by atoms with Crippen LogP contribution in [-0.2, 0) is 6.42 Å². The molecular weight excluding hydrogens is 310 g/mol. The minimum atomic E-state index is -0.346.